The standard InChI is InChI=1S/C26H27N5O2/c1-18-11-12-21(15-19(18)2)23-9-6-14-29(23)25(32)27-22-8-5-7-20(16-22)17-31-26(33)30-13-4-3-10-24(30)28-31/h3-5,7-8,10-13,15-16,23H,6,9,14,17H2,1-2H3,(H,27,32). The Bertz CT molecular complexity index is 1390. The van der Waals surface area contributed by atoms with Crippen molar-refractivity contribution >= 4 is 17.4 Å². The number of amides is 2. The van der Waals surface area contributed by atoms with Gasteiger partial charge in [-0.15, -0.1) is 5.10 Å². The molecule has 4 aromatic rings. The number of carbonyl (C=O) groups is 1. The molecule has 1 aliphatic rings. The van der Waals surface area contributed by atoms with Gasteiger partial charge in [0.2, 0.25) is 0 Å². The van der Waals surface area contributed by atoms with Gasteiger partial charge in [0.1, 0.15) is 0 Å². The molecule has 1 atom stereocenters. The molecule has 1 unspecified atom stereocenters. The predicted octanol–water partition coefficient (Wildman–Crippen LogP) is 4.53. The van der Waals surface area contributed by atoms with E-state index >= 15 is 0 Å². The molecule has 7 nitrogen and oxygen atoms in total. The number of hydrogen-bond acceptors (Lipinski definition) is 3. The van der Waals surface area contributed by atoms with E-state index in [1.165, 1.54) is 25.8 Å². The first kappa shape index (κ1) is 21.0. The van der Waals surface area contributed by atoms with Gasteiger partial charge in [0, 0.05) is 18.4 Å². The maximum Gasteiger partial charge on any atom is 0.350 e. The number of nitrogens with one attached hydrogen (secondary N) is 1. The molecule has 0 saturated carbocycles. The normalized spacial score (nSPS) is 15.8. The molecule has 168 valence electrons. The first-order chi connectivity index (χ1) is 16.0. The quantitative estimate of drug-likeness (QED) is 0.506. The average Bonchev–Trinajstić information content (AvgIpc) is 3.42. The number of likely N-dealkylation sites (tertiary alicyclic amines) is 1. The lowest BCUT2D eigenvalue weighted by atomic mass is 9.99. The second kappa shape index (κ2) is 8.58. The molecule has 1 fully saturated rings. The lowest BCUT2D eigenvalue weighted by molar-refractivity contribution is 0.207. The third kappa shape index (κ3) is 4.14. The Morgan fingerprint density at radius 2 is 1.94 bits per heavy atom. The number of nitrogens with zero attached hydrogens (tertiary/aromatic N) is 4. The number of rotatable bonds is 4. The third-order valence-corrected chi connectivity index (χ3v) is 6.43. The van der Waals surface area contributed by atoms with Crippen molar-refractivity contribution < 1.29 is 4.79 Å². The Hall–Kier alpha value is -3.87. The fourth-order valence-corrected chi connectivity index (χ4v) is 4.51. The van der Waals surface area contributed by atoms with Gasteiger partial charge in [0.25, 0.3) is 0 Å². The van der Waals surface area contributed by atoms with E-state index in [0.29, 0.717) is 17.9 Å². The molecule has 2 aromatic heterocycles. The summed E-state index contributed by atoms with van der Waals surface area (Å²) in [4.78, 5) is 27.6. The molecule has 1 N–H and O–H groups in total. The number of fused-ring (bicyclic) bond motifs is 1. The maximum atomic E-state index is 13.1. The minimum Gasteiger partial charge on any atom is -0.317 e. The van der Waals surface area contributed by atoms with Crippen molar-refractivity contribution in [3.63, 3.8) is 0 Å². The van der Waals surface area contributed by atoms with Gasteiger partial charge >= 0.3 is 11.7 Å². The minimum atomic E-state index is -0.187. The van der Waals surface area contributed by atoms with E-state index in [1.54, 1.807) is 18.3 Å². The molecule has 0 bridgehead atoms. The first-order valence-electron chi connectivity index (χ1n) is 11.3. The Balaban J connectivity index is 1.32. The number of aromatic nitrogens is 3. The average molecular weight is 442 g/mol. The van der Waals surface area contributed by atoms with Crippen LogP contribution in [-0.4, -0.2) is 31.7 Å². The fraction of sp³-hybridized carbons (Fsp3) is 0.269. The van der Waals surface area contributed by atoms with Gasteiger partial charge in [0.15, 0.2) is 5.65 Å². The summed E-state index contributed by atoms with van der Waals surface area (Å²) in [6, 6.07) is 19.5. The molecule has 0 radical (unpaired) electrons. The molecule has 0 spiro atoms. The summed E-state index contributed by atoms with van der Waals surface area (Å²) in [5.74, 6) is 0. The van der Waals surface area contributed by atoms with Crippen molar-refractivity contribution in [3.05, 3.63) is 99.6 Å². The van der Waals surface area contributed by atoms with E-state index in [0.717, 1.165) is 24.9 Å². The van der Waals surface area contributed by atoms with Crippen LogP contribution in [0.1, 0.15) is 41.1 Å². The van der Waals surface area contributed by atoms with Crippen LogP contribution in [0.4, 0.5) is 10.5 Å². The molecule has 1 saturated heterocycles. The van der Waals surface area contributed by atoms with Gasteiger partial charge < -0.3 is 10.2 Å². The highest BCUT2D eigenvalue weighted by Gasteiger charge is 2.30. The van der Waals surface area contributed by atoms with Crippen LogP contribution in [0.25, 0.3) is 5.65 Å². The molecule has 5 rings (SSSR count). The molecule has 7 heteroatoms. The molecule has 2 amide bonds. The summed E-state index contributed by atoms with van der Waals surface area (Å²) in [6.07, 6.45) is 3.66. The molecule has 3 heterocycles. The summed E-state index contributed by atoms with van der Waals surface area (Å²) in [6.45, 7) is 5.28. The molecule has 0 aliphatic carbocycles. The maximum absolute atomic E-state index is 13.1. The van der Waals surface area contributed by atoms with E-state index in [2.05, 4.69) is 42.5 Å². The highest BCUT2D eigenvalue weighted by molar-refractivity contribution is 5.90. The number of pyridine rings is 1. The Labute approximate surface area is 192 Å². The monoisotopic (exact) mass is 441 g/mol. The first-order valence-corrected chi connectivity index (χ1v) is 11.3. The minimum absolute atomic E-state index is 0.0871. The molecular formula is C26H27N5O2. The molecular weight excluding hydrogens is 414 g/mol. The molecule has 33 heavy (non-hydrogen) atoms. The van der Waals surface area contributed by atoms with Crippen LogP contribution in [0.5, 0.6) is 0 Å². The van der Waals surface area contributed by atoms with Crippen molar-refractivity contribution in [2.75, 3.05) is 11.9 Å². The summed E-state index contributed by atoms with van der Waals surface area (Å²) in [5, 5.41) is 7.44. The molecule has 1 aliphatic heterocycles. The number of anilines is 1. The van der Waals surface area contributed by atoms with Crippen LogP contribution in [0.2, 0.25) is 0 Å². The summed E-state index contributed by atoms with van der Waals surface area (Å²) < 4.78 is 2.96. The van der Waals surface area contributed by atoms with Crippen LogP contribution in [-0.2, 0) is 6.54 Å². The van der Waals surface area contributed by atoms with E-state index in [-0.39, 0.29) is 17.8 Å². The second-order valence-corrected chi connectivity index (χ2v) is 8.69. The van der Waals surface area contributed by atoms with Crippen LogP contribution < -0.4 is 11.0 Å². The van der Waals surface area contributed by atoms with Gasteiger partial charge in [-0.1, -0.05) is 36.4 Å². The van der Waals surface area contributed by atoms with Gasteiger partial charge in [-0.3, -0.25) is 4.40 Å². The SMILES string of the molecule is Cc1ccc(C2CCCN2C(=O)Nc2cccc(Cn3nc4ccccn4c3=O)c2)cc1C. The van der Waals surface area contributed by atoms with Crippen LogP contribution in [0, 0.1) is 13.8 Å². The summed E-state index contributed by atoms with van der Waals surface area (Å²) >= 11 is 0. The Morgan fingerprint density at radius 3 is 2.76 bits per heavy atom. The second-order valence-electron chi connectivity index (χ2n) is 8.69. The number of aryl methyl sites for hydroxylation is 2. The summed E-state index contributed by atoms with van der Waals surface area (Å²) in [5.41, 5.74) is 5.71. The molecule has 2 aromatic carbocycles. The lowest BCUT2D eigenvalue weighted by Gasteiger charge is -2.26. The van der Waals surface area contributed by atoms with Gasteiger partial charge in [-0.05, 0) is 73.2 Å². The van der Waals surface area contributed by atoms with Crippen molar-refractivity contribution in [2.45, 2.75) is 39.3 Å². The number of benzene rings is 2. The number of urea groups is 1. The third-order valence-electron chi connectivity index (χ3n) is 6.43. The number of hydrogen-bond donors (Lipinski definition) is 1. The van der Waals surface area contributed by atoms with E-state index in [1.807, 2.05) is 35.2 Å². The van der Waals surface area contributed by atoms with Gasteiger partial charge in [-0.2, -0.15) is 0 Å². The van der Waals surface area contributed by atoms with Crippen molar-refractivity contribution in [3.8, 4) is 0 Å². The van der Waals surface area contributed by atoms with Crippen LogP contribution >= 0.6 is 0 Å². The zero-order valence-electron chi connectivity index (χ0n) is 18.9. The zero-order chi connectivity index (χ0) is 22.9. The van der Waals surface area contributed by atoms with Gasteiger partial charge in [-0.25, -0.2) is 14.3 Å². The zero-order valence-corrected chi connectivity index (χ0v) is 18.9. The van der Waals surface area contributed by atoms with Crippen LogP contribution in [0.3, 0.4) is 0 Å². The van der Waals surface area contributed by atoms with Crippen LogP contribution in [0.15, 0.2) is 71.7 Å². The highest BCUT2D eigenvalue weighted by Crippen LogP contribution is 2.33. The fourth-order valence-electron chi connectivity index (χ4n) is 4.51. The van der Waals surface area contributed by atoms with Gasteiger partial charge in [0.05, 0.1) is 12.6 Å². The Kier molecular flexibility index (Phi) is 5.46. The van der Waals surface area contributed by atoms with Crippen molar-refractivity contribution in [2.24, 2.45) is 0 Å². The van der Waals surface area contributed by atoms with E-state index in [9.17, 15) is 9.59 Å². The summed E-state index contributed by atoms with van der Waals surface area (Å²) in [7, 11) is 0. The highest BCUT2D eigenvalue weighted by atomic mass is 16.2. The Morgan fingerprint density at radius 1 is 1.06 bits per heavy atom. The smallest absolute Gasteiger partial charge is 0.317 e. The number of carbonyl (C=O) groups excluding carboxylic acids is 1. The lowest BCUT2D eigenvalue weighted by Crippen LogP contribution is -2.34. The van der Waals surface area contributed by atoms with E-state index in [4.69, 9.17) is 0 Å². The largest absolute Gasteiger partial charge is 0.350 e. The predicted molar refractivity (Wildman–Crippen MR) is 129 cm³/mol. The van der Waals surface area contributed by atoms with Crippen molar-refractivity contribution in [1.82, 2.24) is 19.1 Å². The van der Waals surface area contributed by atoms with Crippen molar-refractivity contribution in [1.29, 1.82) is 0 Å². The topological polar surface area (TPSA) is 71.6 Å². The van der Waals surface area contributed by atoms with E-state index < -0.39 is 0 Å².